The van der Waals surface area contributed by atoms with Crippen LogP contribution in [0.2, 0.25) is 0 Å². The van der Waals surface area contributed by atoms with Crippen molar-refractivity contribution in [2.45, 2.75) is 26.8 Å². The minimum Gasteiger partial charge on any atom is -0.493 e. The first-order valence-corrected chi connectivity index (χ1v) is 7.23. The summed E-state index contributed by atoms with van der Waals surface area (Å²) in [5.74, 6) is 0.716. The van der Waals surface area contributed by atoms with Gasteiger partial charge in [0, 0.05) is 4.88 Å². The molecule has 1 aromatic heterocycles. The van der Waals surface area contributed by atoms with E-state index in [1.54, 1.807) is 6.92 Å². The van der Waals surface area contributed by atoms with Gasteiger partial charge in [-0.05, 0) is 26.8 Å². The number of nitrogens with one attached hydrogen (secondary N) is 1. The second-order valence-electron chi connectivity index (χ2n) is 3.40. The first-order chi connectivity index (χ1) is 7.33. The number of rotatable bonds is 5. The molecule has 92 valence electrons. The Kier molecular flexibility index (Phi) is 4.31. The molecule has 0 bridgehead atoms. The molecule has 1 atom stereocenters. The fourth-order valence-electron chi connectivity index (χ4n) is 1.38. The van der Waals surface area contributed by atoms with Gasteiger partial charge in [-0.1, -0.05) is 0 Å². The van der Waals surface area contributed by atoms with Crippen LogP contribution >= 0.6 is 11.3 Å². The molecule has 1 heterocycles. The number of nitrogens with two attached hydrogens (primary N) is 1. The van der Waals surface area contributed by atoms with E-state index in [2.05, 4.69) is 4.72 Å². The Morgan fingerprint density at radius 2 is 2.25 bits per heavy atom. The molecule has 0 aliphatic heterocycles. The Bertz CT molecular complexity index is 453. The topological polar surface area (TPSA) is 81.4 Å². The summed E-state index contributed by atoms with van der Waals surface area (Å²) >= 11 is 1.50. The largest absolute Gasteiger partial charge is 0.493 e. The Hall–Kier alpha value is -0.630. The Morgan fingerprint density at radius 1 is 1.62 bits per heavy atom. The van der Waals surface area contributed by atoms with Crippen molar-refractivity contribution >= 4 is 21.5 Å². The lowest BCUT2D eigenvalue weighted by molar-refractivity contribution is 0.336. The Labute approximate surface area is 99.8 Å². The van der Waals surface area contributed by atoms with Crippen molar-refractivity contribution in [2.24, 2.45) is 5.14 Å². The average Bonchev–Trinajstić information content (AvgIpc) is 2.44. The van der Waals surface area contributed by atoms with Gasteiger partial charge < -0.3 is 4.74 Å². The molecule has 3 N–H and O–H groups in total. The first kappa shape index (κ1) is 13.4. The third-order valence-electron chi connectivity index (χ3n) is 1.88. The molecule has 0 spiro atoms. The van der Waals surface area contributed by atoms with Crippen molar-refractivity contribution in [1.29, 1.82) is 0 Å². The van der Waals surface area contributed by atoms with E-state index in [4.69, 9.17) is 9.88 Å². The van der Waals surface area contributed by atoms with Crippen LogP contribution in [0.15, 0.2) is 6.07 Å². The molecule has 1 aromatic rings. The van der Waals surface area contributed by atoms with Gasteiger partial charge in [0.2, 0.25) is 0 Å². The van der Waals surface area contributed by atoms with Crippen LogP contribution in [0.5, 0.6) is 5.75 Å². The van der Waals surface area contributed by atoms with Crippen molar-refractivity contribution in [3.8, 4) is 5.75 Å². The van der Waals surface area contributed by atoms with Crippen LogP contribution in [0.1, 0.15) is 29.6 Å². The molecule has 0 amide bonds. The van der Waals surface area contributed by atoms with E-state index >= 15 is 0 Å². The molecule has 0 aliphatic rings. The van der Waals surface area contributed by atoms with E-state index in [0.29, 0.717) is 12.4 Å². The summed E-state index contributed by atoms with van der Waals surface area (Å²) in [6, 6.07) is 1.51. The summed E-state index contributed by atoms with van der Waals surface area (Å²) < 4.78 is 29.6. The van der Waals surface area contributed by atoms with Crippen molar-refractivity contribution in [1.82, 2.24) is 4.72 Å². The summed E-state index contributed by atoms with van der Waals surface area (Å²) in [5, 5.41) is 4.93. The summed E-state index contributed by atoms with van der Waals surface area (Å²) in [7, 11) is -3.69. The zero-order valence-electron chi connectivity index (χ0n) is 9.48. The van der Waals surface area contributed by atoms with Crippen LogP contribution in [0.3, 0.4) is 0 Å². The lowest BCUT2D eigenvalue weighted by atomic mass is 10.3. The molecular formula is C9H16N2O3S2. The van der Waals surface area contributed by atoms with Crippen LogP contribution < -0.4 is 14.6 Å². The lowest BCUT2D eigenvalue weighted by Gasteiger charge is -2.12. The number of aryl methyl sites for hydroxylation is 1. The van der Waals surface area contributed by atoms with E-state index in [9.17, 15) is 8.42 Å². The summed E-state index contributed by atoms with van der Waals surface area (Å²) in [6.45, 7) is 6.11. The van der Waals surface area contributed by atoms with Gasteiger partial charge in [-0.15, -0.1) is 11.3 Å². The molecule has 1 rings (SSSR count). The molecule has 0 radical (unpaired) electrons. The summed E-state index contributed by atoms with van der Waals surface area (Å²) in [5.41, 5.74) is 0. The van der Waals surface area contributed by atoms with Gasteiger partial charge >= 0.3 is 0 Å². The number of hydrogen-bond acceptors (Lipinski definition) is 4. The minimum atomic E-state index is -3.69. The van der Waals surface area contributed by atoms with Gasteiger partial charge in [0.05, 0.1) is 17.5 Å². The highest BCUT2D eigenvalue weighted by atomic mass is 32.2. The van der Waals surface area contributed by atoms with Crippen molar-refractivity contribution in [3.05, 3.63) is 15.8 Å². The Balaban J connectivity index is 2.93. The molecule has 0 aliphatic carbocycles. The maximum absolute atomic E-state index is 10.9. The number of hydrogen-bond donors (Lipinski definition) is 2. The normalized spacial score (nSPS) is 13.8. The minimum absolute atomic E-state index is 0.379. The van der Waals surface area contributed by atoms with E-state index in [1.165, 1.54) is 11.3 Å². The molecule has 1 unspecified atom stereocenters. The molecule has 0 fully saturated rings. The zero-order chi connectivity index (χ0) is 12.3. The van der Waals surface area contributed by atoms with Gasteiger partial charge in [0.25, 0.3) is 10.2 Å². The van der Waals surface area contributed by atoms with Gasteiger partial charge in [-0.3, -0.25) is 0 Å². The highest BCUT2D eigenvalue weighted by Crippen LogP contribution is 2.34. The number of thiophene rings is 1. The smallest absolute Gasteiger partial charge is 0.274 e. The van der Waals surface area contributed by atoms with Crippen LogP contribution in [0.4, 0.5) is 0 Å². The van der Waals surface area contributed by atoms with E-state index in [0.717, 1.165) is 9.75 Å². The molecule has 16 heavy (non-hydrogen) atoms. The van der Waals surface area contributed by atoms with Crippen LogP contribution in [-0.4, -0.2) is 15.0 Å². The average molecular weight is 264 g/mol. The number of ether oxygens (including phenoxy) is 1. The standard InChI is InChI=1S/C9H16N2O3S2/c1-4-14-8-5-6(2)15-9(8)7(3)11-16(10,12)13/h5,7,11H,4H2,1-3H3,(H2,10,12,13). The van der Waals surface area contributed by atoms with Gasteiger partial charge in [-0.25, -0.2) is 5.14 Å². The van der Waals surface area contributed by atoms with Gasteiger partial charge in [0.1, 0.15) is 5.75 Å². The third kappa shape index (κ3) is 3.75. The van der Waals surface area contributed by atoms with Gasteiger partial charge in [0.15, 0.2) is 0 Å². The molecule has 0 aromatic carbocycles. The highest BCUT2D eigenvalue weighted by molar-refractivity contribution is 7.87. The monoisotopic (exact) mass is 264 g/mol. The second kappa shape index (κ2) is 5.13. The molecule has 5 nitrogen and oxygen atoms in total. The first-order valence-electron chi connectivity index (χ1n) is 4.86. The maximum Gasteiger partial charge on any atom is 0.274 e. The molecule has 0 saturated carbocycles. The maximum atomic E-state index is 10.9. The summed E-state index contributed by atoms with van der Waals surface area (Å²) in [4.78, 5) is 1.91. The van der Waals surface area contributed by atoms with Crippen LogP contribution in [0.25, 0.3) is 0 Å². The van der Waals surface area contributed by atoms with E-state index in [1.807, 2.05) is 19.9 Å². The van der Waals surface area contributed by atoms with Crippen molar-refractivity contribution in [2.75, 3.05) is 6.61 Å². The van der Waals surface area contributed by atoms with Crippen molar-refractivity contribution < 1.29 is 13.2 Å². The zero-order valence-corrected chi connectivity index (χ0v) is 11.1. The predicted octanol–water partition coefficient (Wildman–Crippen LogP) is 1.31. The van der Waals surface area contributed by atoms with E-state index in [-0.39, 0.29) is 6.04 Å². The third-order valence-corrected chi connectivity index (χ3v) is 3.78. The quantitative estimate of drug-likeness (QED) is 0.841. The summed E-state index contributed by atoms with van der Waals surface area (Å²) in [6.07, 6.45) is 0. The Morgan fingerprint density at radius 3 is 2.75 bits per heavy atom. The fraction of sp³-hybridized carbons (Fsp3) is 0.556. The predicted molar refractivity (Wildman–Crippen MR) is 64.9 cm³/mol. The van der Waals surface area contributed by atoms with E-state index < -0.39 is 10.2 Å². The van der Waals surface area contributed by atoms with Crippen LogP contribution in [-0.2, 0) is 10.2 Å². The fourth-order valence-corrected chi connectivity index (χ4v) is 3.03. The van der Waals surface area contributed by atoms with Gasteiger partial charge in [-0.2, -0.15) is 13.1 Å². The molecular weight excluding hydrogens is 248 g/mol. The van der Waals surface area contributed by atoms with Crippen molar-refractivity contribution in [3.63, 3.8) is 0 Å². The lowest BCUT2D eigenvalue weighted by Crippen LogP contribution is -2.32. The SMILES string of the molecule is CCOc1cc(C)sc1C(C)NS(N)(=O)=O. The highest BCUT2D eigenvalue weighted by Gasteiger charge is 2.18. The molecule has 7 heteroatoms. The molecule has 0 saturated heterocycles. The van der Waals surface area contributed by atoms with Crippen LogP contribution in [0, 0.1) is 6.92 Å². The second-order valence-corrected chi connectivity index (χ2v) is 6.02.